The van der Waals surface area contributed by atoms with E-state index in [0.717, 1.165) is 29.9 Å². The first-order valence-electron chi connectivity index (χ1n) is 10.7. The number of amides is 2. The van der Waals surface area contributed by atoms with Crippen molar-refractivity contribution in [2.24, 2.45) is 5.73 Å². The van der Waals surface area contributed by atoms with Crippen molar-refractivity contribution in [3.05, 3.63) is 46.8 Å². The Bertz CT molecular complexity index is 1160. The molecule has 0 radical (unpaired) electrons. The third-order valence-electron chi connectivity index (χ3n) is 6.47. The van der Waals surface area contributed by atoms with Crippen molar-refractivity contribution in [2.75, 3.05) is 33.4 Å². The average molecular weight is 435 g/mol. The van der Waals surface area contributed by atoms with Gasteiger partial charge in [-0.3, -0.25) is 14.5 Å². The van der Waals surface area contributed by atoms with Gasteiger partial charge >= 0.3 is 0 Å². The number of rotatable bonds is 3. The molecule has 32 heavy (non-hydrogen) atoms. The van der Waals surface area contributed by atoms with Gasteiger partial charge in [0.15, 0.2) is 5.69 Å². The number of likely N-dealkylation sites (N-methyl/N-ethyl adjacent to an activating group) is 1. The third-order valence-corrected chi connectivity index (χ3v) is 6.47. The predicted molar refractivity (Wildman–Crippen MR) is 115 cm³/mol. The zero-order valence-corrected chi connectivity index (χ0v) is 17.9. The molecule has 0 aliphatic carbocycles. The molecule has 166 valence electrons. The van der Waals surface area contributed by atoms with Crippen molar-refractivity contribution in [3.63, 3.8) is 0 Å². The van der Waals surface area contributed by atoms with Gasteiger partial charge in [-0.1, -0.05) is 17.9 Å². The number of carbonyl (C=O) groups excluding carboxylic acids is 2. The van der Waals surface area contributed by atoms with Crippen LogP contribution in [0.5, 0.6) is 0 Å². The summed E-state index contributed by atoms with van der Waals surface area (Å²) in [5.41, 5.74) is 7.50. The van der Waals surface area contributed by atoms with E-state index in [1.165, 1.54) is 4.90 Å². The number of carbonyl (C=O) groups is 2. The summed E-state index contributed by atoms with van der Waals surface area (Å²) < 4.78 is 7.07. The molecule has 1 unspecified atom stereocenters. The molecular weight excluding hydrogens is 410 g/mol. The summed E-state index contributed by atoms with van der Waals surface area (Å²) in [5, 5.41) is 15.1. The molecule has 3 N–H and O–H groups in total. The fourth-order valence-corrected chi connectivity index (χ4v) is 4.46. The van der Waals surface area contributed by atoms with E-state index in [0.29, 0.717) is 37.9 Å². The molecule has 5 rings (SSSR count). The summed E-state index contributed by atoms with van der Waals surface area (Å²) >= 11 is 0. The van der Waals surface area contributed by atoms with Crippen molar-refractivity contribution < 1.29 is 19.4 Å². The fraction of sp³-hybridized carbons (Fsp3) is 0.435. The molecule has 1 atom stereocenters. The highest BCUT2D eigenvalue weighted by Crippen LogP contribution is 2.28. The first kappa shape index (κ1) is 20.7. The number of ether oxygens (including phenoxy) is 1. The van der Waals surface area contributed by atoms with Crippen molar-refractivity contribution in [3.8, 4) is 17.5 Å². The lowest BCUT2D eigenvalue weighted by molar-refractivity contribution is -0.137. The van der Waals surface area contributed by atoms with Gasteiger partial charge in [0.05, 0.1) is 30.6 Å². The fourth-order valence-electron chi connectivity index (χ4n) is 4.46. The largest absolute Gasteiger partial charge is 0.378 e. The highest BCUT2D eigenvalue weighted by molar-refractivity contribution is 5.93. The van der Waals surface area contributed by atoms with Gasteiger partial charge < -0.3 is 20.5 Å². The van der Waals surface area contributed by atoms with Gasteiger partial charge in [-0.15, -0.1) is 0 Å². The van der Waals surface area contributed by atoms with Crippen molar-refractivity contribution in [2.45, 2.75) is 31.0 Å². The van der Waals surface area contributed by atoms with E-state index < -0.39 is 11.5 Å². The summed E-state index contributed by atoms with van der Waals surface area (Å²) in [7, 11) is 1.65. The zero-order valence-electron chi connectivity index (χ0n) is 17.9. The Labute approximate surface area is 185 Å². The third kappa shape index (κ3) is 3.46. The summed E-state index contributed by atoms with van der Waals surface area (Å²) in [4.78, 5) is 28.1. The van der Waals surface area contributed by atoms with Crippen LogP contribution in [0.4, 0.5) is 0 Å². The van der Waals surface area contributed by atoms with E-state index in [1.54, 1.807) is 11.7 Å². The molecule has 2 amide bonds. The maximum atomic E-state index is 12.2. The van der Waals surface area contributed by atoms with E-state index in [1.807, 2.05) is 24.3 Å². The summed E-state index contributed by atoms with van der Waals surface area (Å²) in [6, 6.07) is 7.74. The standard InChI is InChI=1S/C23H25N5O4/c1-26-10-8-23(31,22(26)30)7-5-15-3-2-4-16(11-15)28-19-6-9-27(17-13-32-14-17)12-18(19)20(25-28)21(24)29/h2-4,11,17,31H,6,8-10,12-14H2,1H3,(H2,24,29). The van der Waals surface area contributed by atoms with Gasteiger partial charge in [0.25, 0.3) is 11.8 Å². The molecular formula is C23H25N5O4. The normalized spacial score (nSPS) is 23.4. The number of likely N-dealkylation sites (tertiary alicyclic amines) is 1. The summed E-state index contributed by atoms with van der Waals surface area (Å²) in [6.45, 7) is 3.36. The maximum Gasteiger partial charge on any atom is 0.269 e. The van der Waals surface area contributed by atoms with Crippen LogP contribution in [0.15, 0.2) is 24.3 Å². The predicted octanol–water partition coefficient (Wildman–Crippen LogP) is -0.327. The monoisotopic (exact) mass is 435 g/mol. The van der Waals surface area contributed by atoms with Crippen LogP contribution in [0, 0.1) is 11.8 Å². The van der Waals surface area contributed by atoms with Crippen LogP contribution in [0.3, 0.4) is 0 Å². The molecule has 9 heteroatoms. The lowest BCUT2D eigenvalue weighted by Crippen LogP contribution is -2.50. The second-order valence-electron chi connectivity index (χ2n) is 8.60. The molecule has 3 aliphatic rings. The average Bonchev–Trinajstić information content (AvgIpc) is 3.25. The van der Waals surface area contributed by atoms with Crippen LogP contribution in [0.1, 0.15) is 33.7 Å². The molecule has 3 aliphatic heterocycles. The number of benzene rings is 1. The minimum Gasteiger partial charge on any atom is -0.378 e. The summed E-state index contributed by atoms with van der Waals surface area (Å²) in [5.74, 6) is 4.75. The van der Waals surface area contributed by atoms with E-state index >= 15 is 0 Å². The Morgan fingerprint density at radius 3 is 2.81 bits per heavy atom. The van der Waals surface area contributed by atoms with Crippen LogP contribution in [-0.2, 0) is 22.5 Å². The quantitative estimate of drug-likeness (QED) is 0.639. The van der Waals surface area contributed by atoms with Crippen LogP contribution in [0.2, 0.25) is 0 Å². The molecule has 4 heterocycles. The zero-order chi connectivity index (χ0) is 22.5. The molecule has 0 bridgehead atoms. The Balaban J connectivity index is 1.47. The number of aromatic nitrogens is 2. The Morgan fingerprint density at radius 2 is 2.16 bits per heavy atom. The van der Waals surface area contributed by atoms with Gasteiger partial charge in [0.1, 0.15) is 0 Å². The minimum absolute atomic E-state index is 0.284. The number of fused-ring (bicyclic) bond motifs is 1. The first-order chi connectivity index (χ1) is 15.4. The number of hydrogen-bond acceptors (Lipinski definition) is 6. The van der Waals surface area contributed by atoms with Crippen molar-refractivity contribution >= 4 is 11.8 Å². The highest BCUT2D eigenvalue weighted by atomic mass is 16.5. The number of nitrogens with two attached hydrogens (primary N) is 1. The smallest absolute Gasteiger partial charge is 0.269 e. The van der Waals surface area contributed by atoms with Crippen LogP contribution >= 0.6 is 0 Å². The SMILES string of the molecule is CN1CCC(O)(C#Cc2cccc(-n3nc(C(N)=O)c4c3CCN(C3COC3)C4)c2)C1=O. The van der Waals surface area contributed by atoms with Crippen molar-refractivity contribution in [1.82, 2.24) is 19.6 Å². The number of aliphatic hydroxyl groups is 1. The van der Waals surface area contributed by atoms with E-state index in [4.69, 9.17) is 10.5 Å². The van der Waals surface area contributed by atoms with Crippen LogP contribution in [0.25, 0.3) is 5.69 Å². The summed E-state index contributed by atoms with van der Waals surface area (Å²) in [6.07, 6.45) is 1.02. The minimum atomic E-state index is -1.65. The number of nitrogens with zero attached hydrogens (tertiary/aromatic N) is 4. The molecule has 1 aromatic heterocycles. The molecule has 2 fully saturated rings. The molecule has 0 saturated carbocycles. The second kappa shape index (κ2) is 7.74. The topological polar surface area (TPSA) is 114 Å². The second-order valence-corrected chi connectivity index (χ2v) is 8.60. The van der Waals surface area contributed by atoms with Crippen LogP contribution < -0.4 is 5.73 Å². The Kier molecular flexibility index (Phi) is 5.01. The van der Waals surface area contributed by atoms with E-state index in [9.17, 15) is 14.7 Å². The first-order valence-corrected chi connectivity index (χ1v) is 10.7. The van der Waals surface area contributed by atoms with Gasteiger partial charge in [-0.25, -0.2) is 4.68 Å². The number of hydrogen-bond donors (Lipinski definition) is 2. The van der Waals surface area contributed by atoms with E-state index in [2.05, 4.69) is 21.8 Å². The molecule has 0 spiro atoms. The van der Waals surface area contributed by atoms with Gasteiger partial charge in [0, 0.05) is 50.7 Å². The molecule has 2 saturated heterocycles. The van der Waals surface area contributed by atoms with Gasteiger partial charge in [0.2, 0.25) is 5.60 Å². The molecule has 2 aromatic rings. The maximum absolute atomic E-state index is 12.2. The highest BCUT2D eigenvalue weighted by Gasteiger charge is 2.42. The van der Waals surface area contributed by atoms with E-state index in [-0.39, 0.29) is 18.0 Å². The van der Waals surface area contributed by atoms with Gasteiger partial charge in [-0.05, 0) is 18.2 Å². The lowest BCUT2D eigenvalue weighted by Gasteiger charge is -2.39. The van der Waals surface area contributed by atoms with Gasteiger partial charge in [-0.2, -0.15) is 5.10 Å². The van der Waals surface area contributed by atoms with Crippen LogP contribution in [-0.4, -0.2) is 81.5 Å². The lowest BCUT2D eigenvalue weighted by atomic mass is 10.0. The number of primary amides is 1. The molecule has 1 aromatic carbocycles. The Morgan fingerprint density at radius 1 is 1.34 bits per heavy atom. The molecule has 9 nitrogen and oxygen atoms in total. The van der Waals surface area contributed by atoms with Crippen molar-refractivity contribution in [1.29, 1.82) is 0 Å². The Hall–Kier alpha value is -3.19.